The molecule has 1 fully saturated rings. The summed E-state index contributed by atoms with van der Waals surface area (Å²) >= 11 is 0. The number of hydrogen-bond donors (Lipinski definition) is 0. The van der Waals surface area contributed by atoms with E-state index in [0.717, 1.165) is 78.4 Å². The first-order chi connectivity index (χ1) is 20.5. The first kappa shape index (κ1) is 29.5. The van der Waals surface area contributed by atoms with Crippen molar-refractivity contribution < 1.29 is 9.53 Å². The van der Waals surface area contributed by atoms with E-state index >= 15 is 0 Å². The maximum Gasteiger partial charge on any atom is 0.236 e. The van der Waals surface area contributed by atoms with Gasteiger partial charge in [-0.2, -0.15) is 5.10 Å². The summed E-state index contributed by atoms with van der Waals surface area (Å²) < 4.78 is 8.24. The molecular weight excluding hydrogens is 522 g/mol. The van der Waals surface area contributed by atoms with Crippen LogP contribution in [0.1, 0.15) is 63.3 Å². The minimum Gasteiger partial charge on any atom is -0.489 e. The van der Waals surface area contributed by atoms with Gasteiger partial charge in [-0.25, -0.2) is 0 Å². The largest absolute Gasteiger partial charge is 0.489 e. The smallest absolute Gasteiger partial charge is 0.236 e. The molecule has 4 aromatic rings. The molecule has 7 heteroatoms. The maximum atomic E-state index is 12.9. The molecule has 0 bridgehead atoms. The molecule has 0 atom stereocenters. The van der Waals surface area contributed by atoms with Gasteiger partial charge in [0.05, 0.1) is 18.8 Å². The summed E-state index contributed by atoms with van der Waals surface area (Å²) in [6.45, 7) is 13.4. The SMILES string of the molecule is CC.CC(C)c1ccc(COc2ccc(-c3c(-c4ccncc4)nn4c3CN(CC(=O)N3CCCC3)CC4)cc2)cc1. The fourth-order valence-electron chi connectivity index (χ4n) is 5.66. The highest BCUT2D eigenvalue weighted by Gasteiger charge is 2.28. The number of carbonyl (C=O) groups excluding carboxylic acids is 1. The predicted molar refractivity (Wildman–Crippen MR) is 168 cm³/mol. The normalized spacial score (nSPS) is 14.8. The van der Waals surface area contributed by atoms with E-state index in [0.29, 0.717) is 25.6 Å². The molecule has 0 unspecified atom stereocenters. The number of benzene rings is 2. The quantitative estimate of drug-likeness (QED) is 0.236. The summed E-state index contributed by atoms with van der Waals surface area (Å²) in [4.78, 5) is 21.4. The van der Waals surface area contributed by atoms with E-state index in [1.165, 1.54) is 5.56 Å². The lowest BCUT2D eigenvalue weighted by Crippen LogP contribution is -2.42. The summed E-state index contributed by atoms with van der Waals surface area (Å²) in [6.07, 6.45) is 5.84. The topological polar surface area (TPSA) is 63.5 Å². The van der Waals surface area contributed by atoms with Crippen LogP contribution >= 0.6 is 0 Å². The average Bonchev–Trinajstić information content (AvgIpc) is 3.71. The Morgan fingerprint density at radius 1 is 0.857 bits per heavy atom. The van der Waals surface area contributed by atoms with Gasteiger partial charge < -0.3 is 9.64 Å². The highest BCUT2D eigenvalue weighted by molar-refractivity contribution is 5.83. The van der Waals surface area contributed by atoms with Crippen LogP contribution in [0.25, 0.3) is 22.4 Å². The maximum absolute atomic E-state index is 12.9. The van der Waals surface area contributed by atoms with Crippen molar-refractivity contribution >= 4 is 5.91 Å². The highest BCUT2D eigenvalue weighted by Crippen LogP contribution is 2.37. The number of pyridine rings is 1. The summed E-state index contributed by atoms with van der Waals surface area (Å²) in [5, 5.41) is 5.04. The third-order valence-electron chi connectivity index (χ3n) is 8.03. The van der Waals surface area contributed by atoms with Gasteiger partial charge in [-0.1, -0.05) is 64.1 Å². The molecule has 42 heavy (non-hydrogen) atoms. The molecule has 1 saturated heterocycles. The van der Waals surface area contributed by atoms with Gasteiger partial charge in [0.25, 0.3) is 0 Å². The lowest BCUT2D eigenvalue weighted by atomic mass is 9.98. The molecular formula is C35H43N5O2. The average molecular weight is 566 g/mol. The van der Waals surface area contributed by atoms with Crippen molar-refractivity contribution in [2.45, 2.75) is 66.2 Å². The molecule has 7 nitrogen and oxygen atoms in total. The van der Waals surface area contributed by atoms with Crippen molar-refractivity contribution in [3.8, 4) is 28.1 Å². The van der Waals surface area contributed by atoms with E-state index in [-0.39, 0.29) is 5.91 Å². The number of amides is 1. The van der Waals surface area contributed by atoms with Crippen molar-refractivity contribution in [3.05, 3.63) is 89.9 Å². The summed E-state index contributed by atoms with van der Waals surface area (Å²) in [5.41, 5.74) is 7.83. The number of aromatic nitrogens is 3. The summed E-state index contributed by atoms with van der Waals surface area (Å²) in [6, 6.07) is 21.0. The second kappa shape index (κ2) is 13.8. The summed E-state index contributed by atoms with van der Waals surface area (Å²) in [7, 11) is 0. The van der Waals surface area contributed by atoms with Crippen molar-refractivity contribution in [2.75, 3.05) is 26.2 Å². The Hall–Kier alpha value is -3.97. The second-order valence-corrected chi connectivity index (χ2v) is 11.1. The van der Waals surface area contributed by atoms with Gasteiger partial charge in [0.2, 0.25) is 5.91 Å². The molecule has 0 N–H and O–H groups in total. The lowest BCUT2D eigenvalue weighted by Gasteiger charge is -2.29. The molecule has 4 heterocycles. The van der Waals surface area contributed by atoms with Gasteiger partial charge in [-0.3, -0.25) is 19.4 Å². The van der Waals surface area contributed by atoms with Crippen LogP contribution in [0.3, 0.4) is 0 Å². The van der Waals surface area contributed by atoms with E-state index in [4.69, 9.17) is 9.84 Å². The van der Waals surface area contributed by atoms with Crippen LogP contribution in [0.15, 0.2) is 73.1 Å². The van der Waals surface area contributed by atoms with Crippen LogP contribution in [-0.2, 0) is 24.5 Å². The van der Waals surface area contributed by atoms with Crippen LogP contribution in [0.4, 0.5) is 0 Å². The third-order valence-corrected chi connectivity index (χ3v) is 8.03. The number of fused-ring (bicyclic) bond motifs is 1. The zero-order chi connectivity index (χ0) is 29.5. The molecule has 0 spiro atoms. The Balaban J connectivity index is 0.00000173. The zero-order valence-electron chi connectivity index (χ0n) is 25.4. The lowest BCUT2D eigenvalue weighted by molar-refractivity contribution is -0.131. The molecule has 2 aromatic heterocycles. The number of carbonyl (C=O) groups is 1. The van der Waals surface area contributed by atoms with Crippen molar-refractivity contribution in [1.82, 2.24) is 24.6 Å². The Morgan fingerprint density at radius 2 is 1.55 bits per heavy atom. The molecule has 1 amide bonds. The van der Waals surface area contributed by atoms with Gasteiger partial charge >= 0.3 is 0 Å². The highest BCUT2D eigenvalue weighted by atomic mass is 16.5. The number of likely N-dealkylation sites (tertiary alicyclic amines) is 1. The molecule has 0 saturated carbocycles. The van der Waals surface area contributed by atoms with Crippen molar-refractivity contribution in [3.63, 3.8) is 0 Å². The van der Waals surface area contributed by atoms with E-state index < -0.39 is 0 Å². The first-order valence-electron chi connectivity index (χ1n) is 15.4. The standard InChI is InChI=1S/C33H37N5O2.C2H6/c1-24(2)26-7-5-25(6-8-26)23-40-29-11-9-27(10-12-29)32-30-21-36(22-31(39)37-17-3-4-18-37)19-20-38(30)35-33(32)28-13-15-34-16-14-28;1-2/h5-16,24H,3-4,17-23H2,1-2H3;1-2H3. The van der Waals surface area contributed by atoms with Gasteiger partial charge in [0.15, 0.2) is 0 Å². The van der Waals surface area contributed by atoms with Crippen LogP contribution < -0.4 is 4.74 Å². The minimum absolute atomic E-state index is 0.238. The van der Waals surface area contributed by atoms with Gasteiger partial charge in [0, 0.05) is 49.7 Å². The van der Waals surface area contributed by atoms with E-state index in [2.05, 4.69) is 64.8 Å². The van der Waals surface area contributed by atoms with Gasteiger partial charge in [0.1, 0.15) is 18.1 Å². The predicted octanol–water partition coefficient (Wildman–Crippen LogP) is 6.78. The molecule has 2 aliphatic rings. The Morgan fingerprint density at radius 3 is 2.21 bits per heavy atom. The van der Waals surface area contributed by atoms with Crippen LogP contribution in [-0.4, -0.2) is 56.7 Å². The van der Waals surface area contributed by atoms with E-state index in [9.17, 15) is 4.79 Å². The monoisotopic (exact) mass is 565 g/mol. The molecule has 2 aliphatic heterocycles. The molecule has 0 radical (unpaired) electrons. The number of hydrogen-bond acceptors (Lipinski definition) is 5. The molecule has 0 aliphatic carbocycles. The van der Waals surface area contributed by atoms with Gasteiger partial charge in [-0.15, -0.1) is 0 Å². The Bertz CT molecular complexity index is 1440. The van der Waals surface area contributed by atoms with Crippen molar-refractivity contribution in [2.24, 2.45) is 0 Å². The van der Waals surface area contributed by atoms with E-state index in [1.54, 1.807) is 0 Å². The summed E-state index contributed by atoms with van der Waals surface area (Å²) in [5.74, 6) is 1.59. The van der Waals surface area contributed by atoms with Crippen LogP contribution in [0.5, 0.6) is 5.75 Å². The number of nitrogens with zero attached hydrogens (tertiary/aromatic N) is 5. The van der Waals surface area contributed by atoms with Crippen molar-refractivity contribution in [1.29, 1.82) is 0 Å². The minimum atomic E-state index is 0.238. The number of ether oxygens (including phenoxy) is 1. The van der Waals surface area contributed by atoms with E-state index in [1.807, 2.05) is 55.4 Å². The number of rotatable bonds is 8. The van der Waals surface area contributed by atoms with Crippen LogP contribution in [0, 0.1) is 0 Å². The third kappa shape index (κ3) is 6.73. The zero-order valence-corrected chi connectivity index (χ0v) is 25.4. The Kier molecular flexibility index (Phi) is 9.70. The molecule has 2 aromatic carbocycles. The van der Waals surface area contributed by atoms with Crippen LogP contribution in [0.2, 0.25) is 0 Å². The molecule has 220 valence electrons. The van der Waals surface area contributed by atoms with Gasteiger partial charge in [-0.05, 0) is 59.7 Å². The fraction of sp³-hybridized carbons (Fsp3) is 0.400. The first-order valence-corrected chi connectivity index (χ1v) is 15.4. The molecule has 6 rings (SSSR count). The second-order valence-electron chi connectivity index (χ2n) is 11.1. The Labute approximate surface area is 250 Å². The fourth-order valence-corrected chi connectivity index (χ4v) is 5.66.